The Kier molecular flexibility index (Phi) is 4.94. The summed E-state index contributed by atoms with van der Waals surface area (Å²) >= 11 is 8.27. The van der Waals surface area contributed by atoms with Crippen LogP contribution in [-0.4, -0.2) is 29.4 Å². The van der Waals surface area contributed by atoms with Gasteiger partial charge in [0.2, 0.25) is 0 Å². The maximum absolute atomic E-state index is 10.1. The molecule has 0 fully saturated rings. The number of nitro groups is 2. The van der Waals surface area contributed by atoms with Gasteiger partial charge in [0.25, 0.3) is 10.0 Å². The number of nitrogens with zero attached hydrogens (tertiary/aromatic N) is 5. The van der Waals surface area contributed by atoms with Gasteiger partial charge in [0.05, 0.1) is 0 Å². The molecule has 0 radical (unpaired) electrons. The Labute approximate surface area is 118 Å². The molecule has 0 atom stereocenters. The second-order valence-electron chi connectivity index (χ2n) is 3.05. The first-order valence-electron chi connectivity index (χ1n) is 4.49. The molecule has 0 saturated carbocycles. The first-order valence-corrected chi connectivity index (χ1v) is 5.66. The number of hydrogen-bond donors (Lipinski definition) is 1. The monoisotopic (exact) mass is 352 g/mol. The summed E-state index contributed by atoms with van der Waals surface area (Å²) in [4.78, 5) is 28.1. The van der Waals surface area contributed by atoms with Crippen LogP contribution in [0.3, 0.4) is 0 Å². The molecule has 1 N–H and O–H groups in total. The number of halogens is 2. The van der Waals surface area contributed by atoms with Gasteiger partial charge < -0.3 is 24.8 Å². The van der Waals surface area contributed by atoms with Crippen LogP contribution in [-0.2, 0) is 7.05 Å². The Hall–Kier alpha value is -2.01. The van der Waals surface area contributed by atoms with Gasteiger partial charge in [-0.05, 0) is 26.4 Å². The van der Waals surface area contributed by atoms with Gasteiger partial charge in [-0.2, -0.15) is 4.98 Å². The Bertz CT molecular complexity index is 591. The van der Waals surface area contributed by atoms with Crippen LogP contribution in [0.4, 0.5) is 11.6 Å². The molecule has 19 heavy (non-hydrogen) atoms. The normalized spacial score (nSPS) is 9.63. The minimum Gasteiger partial charge on any atom is -0.358 e. The standard InChI is InChI=1S/C4H4BrN3O2.C3H2ClN3O2/c1-7-2-3(8(9)10)6-4(7)5;4-3-5-1-2(6-3)7(8)9/h2H,1H3;1H,(H,5,6). The molecule has 0 unspecified atom stereocenters. The maximum Gasteiger partial charge on any atom is 0.382 e. The van der Waals surface area contributed by atoms with Crippen molar-refractivity contribution in [2.75, 3.05) is 0 Å². The lowest BCUT2D eigenvalue weighted by atomic mass is 10.8. The van der Waals surface area contributed by atoms with E-state index in [1.165, 1.54) is 10.8 Å². The highest BCUT2D eigenvalue weighted by atomic mass is 79.9. The molecule has 0 aromatic carbocycles. The first-order chi connectivity index (χ1) is 8.81. The van der Waals surface area contributed by atoms with E-state index in [-0.39, 0.29) is 16.9 Å². The van der Waals surface area contributed by atoms with Crippen molar-refractivity contribution in [3.05, 3.63) is 42.6 Å². The largest absolute Gasteiger partial charge is 0.382 e. The minimum atomic E-state index is -0.598. The molecule has 2 rings (SSSR count). The van der Waals surface area contributed by atoms with Crippen molar-refractivity contribution in [1.29, 1.82) is 0 Å². The summed E-state index contributed by atoms with van der Waals surface area (Å²) in [6.07, 6.45) is 2.40. The van der Waals surface area contributed by atoms with E-state index in [0.717, 1.165) is 6.20 Å². The molecule has 2 aromatic heterocycles. The Balaban J connectivity index is 0.000000191. The highest BCUT2D eigenvalue weighted by Crippen LogP contribution is 2.13. The zero-order valence-corrected chi connectivity index (χ0v) is 11.6. The van der Waals surface area contributed by atoms with E-state index in [2.05, 4.69) is 30.9 Å². The van der Waals surface area contributed by atoms with Crippen molar-refractivity contribution in [3.63, 3.8) is 0 Å². The van der Waals surface area contributed by atoms with Crippen molar-refractivity contribution in [2.24, 2.45) is 7.05 Å². The molecule has 10 nitrogen and oxygen atoms in total. The van der Waals surface area contributed by atoms with Crippen LogP contribution < -0.4 is 0 Å². The number of nitrogens with one attached hydrogen (secondary N) is 1. The molecule has 0 aliphatic rings. The summed E-state index contributed by atoms with van der Waals surface area (Å²) in [5.41, 5.74) is 0. The van der Waals surface area contributed by atoms with Crippen LogP contribution in [0.25, 0.3) is 0 Å². The molecule has 102 valence electrons. The molecule has 0 amide bonds. The average molecular weight is 354 g/mol. The van der Waals surface area contributed by atoms with E-state index >= 15 is 0 Å². The van der Waals surface area contributed by atoms with Gasteiger partial charge >= 0.3 is 11.6 Å². The van der Waals surface area contributed by atoms with Gasteiger partial charge in [-0.25, -0.2) is 4.98 Å². The van der Waals surface area contributed by atoms with Crippen LogP contribution >= 0.6 is 27.5 Å². The van der Waals surface area contributed by atoms with Crippen LogP contribution in [0.1, 0.15) is 0 Å². The smallest absolute Gasteiger partial charge is 0.358 e. The fourth-order valence-electron chi connectivity index (χ4n) is 0.898. The lowest BCUT2D eigenvalue weighted by Crippen LogP contribution is -1.86. The van der Waals surface area contributed by atoms with Crippen molar-refractivity contribution in [2.45, 2.75) is 0 Å². The van der Waals surface area contributed by atoms with Crippen molar-refractivity contribution in [3.8, 4) is 0 Å². The van der Waals surface area contributed by atoms with E-state index in [0.29, 0.717) is 4.73 Å². The summed E-state index contributed by atoms with van der Waals surface area (Å²) in [6, 6.07) is 0. The van der Waals surface area contributed by atoms with E-state index in [1.807, 2.05) is 0 Å². The second kappa shape index (κ2) is 6.24. The fraction of sp³-hybridized carbons (Fsp3) is 0.143. The molecule has 2 aromatic rings. The number of aryl methyl sites for hydroxylation is 1. The quantitative estimate of drug-likeness (QED) is 0.649. The highest BCUT2D eigenvalue weighted by Gasteiger charge is 2.12. The predicted octanol–water partition coefficient (Wildman–Crippen LogP) is 2.06. The van der Waals surface area contributed by atoms with Gasteiger partial charge in [0.15, 0.2) is 0 Å². The third-order valence-electron chi connectivity index (χ3n) is 1.72. The Morgan fingerprint density at radius 3 is 2.26 bits per heavy atom. The number of hydrogen-bond acceptors (Lipinski definition) is 6. The summed E-state index contributed by atoms with van der Waals surface area (Å²) in [6.45, 7) is 0. The van der Waals surface area contributed by atoms with E-state index in [4.69, 9.17) is 11.6 Å². The molecule has 12 heteroatoms. The molecule has 0 saturated heterocycles. The molecule has 0 aliphatic heterocycles. The summed E-state index contributed by atoms with van der Waals surface area (Å²) in [5.74, 6) is -0.339. The van der Waals surface area contributed by atoms with E-state index < -0.39 is 9.85 Å². The first kappa shape index (κ1) is 15.0. The van der Waals surface area contributed by atoms with Crippen LogP contribution in [0, 0.1) is 20.2 Å². The van der Waals surface area contributed by atoms with Crippen LogP contribution in [0.5, 0.6) is 0 Å². The number of aromatic nitrogens is 4. The van der Waals surface area contributed by atoms with Crippen molar-refractivity contribution >= 4 is 39.2 Å². The van der Waals surface area contributed by atoms with Gasteiger partial charge in [-0.3, -0.25) is 0 Å². The maximum atomic E-state index is 10.1. The third kappa shape index (κ3) is 4.30. The topological polar surface area (TPSA) is 133 Å². The summed E-state index contributed by atoms with van der Waals surface area (Å²) in [7, 11) is 1.67. The summed E-state index contributed by atoms with van der Waals surface area (Å²) in [5, 5.41) is 20.0. The lowest BCUT2D eigenvalue weighted by Gasteiger charge is -1.83. The molecule has 0 bridgehead atoms. The van der Waals surface area contributed by atoms with Crippen LogP contribution in [0.15, 0.2) is 17.1 Å². The number of aromatic amines is 1. The van der Waals surface area contributed by atoms with Gasteiger partial charge in [0, 0.05) is 23.0 Å². The molecule has 0 spiro atoms. The van der Waals surface area contributed by atoms with Gasteiger partial charge in [-0.1, -0.05) is 0 Å². The Morgan fingerprint density at radius 2 is 2.05 bits per heavy atom. The zero-order chi connectivity index (χ0) is 14.6. The van der Waals surface area contributed by atoms with Crippen molar-refractivity contribution in [1.82, 2.24) is 19.5 Å². The third-order valence-corrected chi connectivity index (χ3v) is 2.65. The average Bonchev–Trinajstić information content (AvgIpc) is 2.88. The van der Waals surface area contributed by atoms with Crippen LogP contribution in [0.2, 0.25) is 5.28 Å². The highest BCUT2D eigenvalue weighted by molar-refractivity contribution is 9.10. The minimum absolute atomic E-state index is 0.0294. The molecule has 0 aliphatic carbocycles. The number of rotatable bonds is 2. The predicted molar refractivity (Wildman–Crippen MR) is 67.8 cm³/mol. The number of H-pyrrole nitrogens is 1. The summed E-state index contributed by atoms with van der Waals surface area (Å²) < 4.78 is 1.98. The number of imidazole rings is 2. The van der Waals surface area contributed by atoms with E-state index in [1.54, 1.807) is 7.05 Å². The van der Waals surface area contributed by atoms with Crippen molar-refractivity contribution < 1.29 is 9.85 Å². The van der Waals surface area contributed by atoms with Gasteiger partial charge in [-0.15, -0.1) is 0 Å². The molecular formula is C7H6BrClN6O4. The second-order valence-corrected chi connectivity index (χ2v) is 4.12. The molecular weight excluding hydrogens is 347 g/mol. The lowest BCUT2D eigenvalue weighted by molar-refractivity contribution is -0.389. The molecule has 2 heterocycles. The van der Waals surface area contributed by atoms with Gasteiger partial charge in [0.1, 0.15) is 12.4 Å². The zero-order valence-electron chi connectivity index (χ0n) is 9.28. The Morgan fingerprint density at radius 1 is 1.42 bits per heavy atom. The van der Waals surface area contributed by atoms with E-state index in [9.17, 15) is 20.2 Å². The fourth-order valence-corrected chi connectivity index (χ4v) is 1.33. The SMILES string of the molecule is Cn1cc([N+](=O)[O-])nc1Br.O=[N+]([O-])c1cnc(Cl)[nH]1.